The zero-order chi connectivity index (χ0) is 12.9. The van der Waals surface area contributed by atoms with Crippen LogP contribution in [0.1, 0.15) is 39.0 Å². The van der Waals surface area contributed by atoms with Crippen molar-refractivity contribution < 1.29 is 4.79 Å². The van der Waals surface area contributed by atoms with Crippen LogP contribution in [-0.2, 0) is 4.79 Å². The zero-order valence-electron chi connectivity index (χ0n) is 11.5. The summed E-state index contributed by atoms with van der Waals surface area (Å²) in [6, 6.07) is 0. The van der Waals surface area contributed by atoms with Gasteiger partial charge in [-0.25, -0.2) is 0 Å². The number of rotatable bonds is 6. The quantitative estimate of drug-likeness (QED) is 0.756. The van der Waals surface area contributed by atoms with E-state index in [1.165, 1.54) is 25.7 Å². The molecule has 1 saturated carbocycles. The molecular formula is C13H27N3O. The number of carbonyl (C=O) groups is 1. The lowest BCUT2D eigenvalue weighted by Gasteiger charge is -2.40. The van der Waals surface area contributed by atoms with E-state index in [1.807, 2.05) is 14.1 Å². The molecule has 0 aromatic heterocycles. The molecule has 1 aliphatic rings. The lowest BCUT2D eigenvalue weighted by molar-refractivity contribution is -0.129. The van der Waals surface area contributed by atoms with Crippen molar-refractivity contribution in [2.45, 2.75) is 44.6 Å². The summed E-state index contributed by atoms with van der Waals surface area (Å²) >= 11 is 0. The van der Waals surface area contributed by atoms with Crippen LogP contribution in [0, 0.1) is 0 Å². The minimum atomic E-state index is 0.168. The molecule has 1 amide bonds. The van der Waals surface area contributed by atoms with E-state index in [0.29, 0.717) is 6.42 Å². The van der Waals surface area contributed by atoms with Crippen molar-refractivity contribution in [3.05, 3.63) is 0 Å². The standard InChI is InChI=1S/C13H27N3O/c1-4-16(10-7-12(17)15(2)3)13(11-14)8-5-6-9-13/h4-11,14H2,1-3H3. The maximum atomic E-state index is 11.6. The van der Waals surface area contributed by atoms with Crippen LogP contribution in [0.15, 0.2) is 0 Å². The Morgan fingerprint density at radius 1 is 1.29 bits per heavy atom. The SMILES string of the molecule is CCN(CCC(=O)N(C)C)C1(CN)CCCC1. The van der Waals surface area contributed by atoms with Crippen LogP contribution >= 0.6 is 0 Å². The fourth-order valence-corrected chi connectivity index (χ4v) is 2.87. The van der Waals surface area contributed by atoms with Crippen molar-refractivity contribution in [1.82, 2.24) is 9.80 Å². The minimum absolute atomic E-state index is 0.168. The molecule has 1 rings (SSSR count). The van der Waals surface area contributed by atoms with Crippen molar-refractivity contribution in [3.8, 4) is 0 Å². The molecular weight excluding hydrogens is 214 g/mol. The molecule has 2 N–H and O–H groups in total. The Bertz CT molecular complexity index is 247. The lowest BCUT2D eigenvalue weighted by atomic mass is 9.95. The Labute approximate surface area is 105 Å². The van der Waals surface area contributed by atoms with Gasteiger partial charge in [-0.1, -0.05) is 19.8 Å². The number of hydrogen-bond acceptors (Lipinski definition) is 3. The van der Waals surface area contributed by atoms with E-state index in [1.54, 1.807) is 4.90 Å². The summed E-state index contributed by atoms with van der Waals surface area (Å²) < 4.78 is 0. The Morgan fingerprint density at radius 2 is 1.88 bits per heavy atom. The summed E-state index contributed by atoms with van der Waals surface area (Å²) in [5, 5.41) is 0. The summed E-state index contributed by atoms with van der Waals surface area (Å²) in [4.78, 5) is 15.7. The van der Waals surface area contributed by atoms with Crippen molar-refractivity contribution in [2.24, 2.45) is 5.73 Å². The molecule has 0 aliphatic heterocycles. The van der Waals surface area contributed by atoms with E-state index >= 15 is 0 Å². The third kappa shape index (κ3) is 3.42. The maximum absolute atomic E-state index is 11.6. The molecule has 17 heavy (non-hydrogen) atoms. The number of nitrogens with zero attached hydrogens (tertiary/aromatic N) is 2. The van der Waals surface area contributed by atoms with Gasteiger partial charge in [0.15, 0.2) is 0 Å². The first-order valence-corrected chi connectivity index (χ1v) is 6.71. The highest BCUT2D eigenvalue weighted by molar-refractivity contribution is 5.75. The molecule has 4 heteroatoms. The second-order valence-corrected chi connectivity index (χ2v) is 5.25. The van der Waals surface area contributed by atoms with Gasteiger partial charge in [-0.15, -0.1) is 0 Å². The molecule has 0 atom stereocenters. The van der Waals surface area contributed by atoms with E-state index in [4.69, 9.17) is 5.73 Å². The average molecular weight is 241 g/mol. The predicted octanol–water partition coefficient (Wildman–Crippen LogP) is 1.06. The van der Waals surface area contributed by atoms with Crippen LogP contribution in [0.3, 0.4) is 0 Å². The first kappa shape index (κ1) is 14.5. The maximum Gasteiger partial charge on any atom is 0.223 e. The second-order valence-electron chi connectivity index (χ2n) is 5.25. The van der Waals surface area contributed by atoms with Crippen molar-refractivity contribution in [1.29, 1.82) is 0 Å². The van der Waals surface area contributed by atoms with Gasteiger partial charge >= 0.3 is 0 Å². The van der Waals surface area contributed by atoms with Crippen molar-refractivity contribution in [2.75, 3.05) is 33.7 Å². The minimum Gasteiger partial charge on any atom is -0.349 e. The van der Waals surface area contributed by atoms with Crippen molar-refractivity contribution in [3.63, 3.8) is 0 Å². The van der Waals surface area contributed by atoms with Gasteiger partial charge < -0.3 is 10.6 Å². The second kappa shape index (κ2) is 6.36. The lowest BCUT2D eigenvalue weighted by Crippen LogP contribution is -2.52. The fraction of sp³-hybridized carbons (Fsp3) is 0.923. The van der Waals surface area contributed by atoms with Gasteiger partial charge in [0.2, 0.25) is 5.91 Å². The summed E-state index contributed by atoms with van der Waals surface area (Å²) in [6.45, 7) is 4.70. The van der Waals surface area contributed by atoms with Gasteiger partial charge in [-0.05, 0) is 19.4 Å². The number of amides is 1. The van der Waals surface area contributed by atoms with Crippen LogP contribution in [0.5, 0.6) is 0 Å². The monoisotopic (exact) mass is 241 g/mol. The molecule has 0 bridgehead atoms. The molecule has 1 aliphatic carbocycles. The van der Waals surface area contributed by atoms with Gasteiger partial charge in [0.05, 0.1) is 0 Å². The molecule has 0 aromatic rings. The zero-order valence-corrected chi connectivity index (χ0v) is 11.5. The molecule has 0 saturated heterocycles. The average Bonchev–Trinajstić information content (AvgIpc) is 2.79. The Morgan fingerprint density at radius 3 is 2.29 bits per heavy atom. The Kier molecular flexibility index (Phi) is 5.40. The fourth-order valence-electron chi connectivity index (χ4n) is 2.87. The predicted molar refractivity (Wildman–Crippen MR) is 70.8 cm³/mol. The van der Waals surface area contributed by atoms with E-state index in [-0.39, 0.29) is 11.4 Å². The highest BCUT2D eigenvalue weighted by atomic mass is 16.2. The summed E-state index contributed by atoms with van der Waals surface area (Å²) in [5.41, 5.74) is 6.14. The Balaban J connectivity index is 2.55. The smallest absolute Gasteiger partial charge is 0.223 e. The van der Waals surface area contributed by atoms with Gasteiger partial charge in [0, 0.05) is 39.1 Å². The first-order chi connectivity index (χ1) is 8.05. The Hall–Kier alpha value is -0.610. The number of hydrogen-bond donors (Lipinski definition) is 1. The van der Waals surface area contributed by atoms with E-state index in [2.05, 4.69) is 11.8 Å². The highest BCUT2D eigenvalue weighted by Gasteiger charge is 2.37. The van der Waals surface area contributed by atoms with E-state index in [0.717, 1.165) is 19.6 Å². The van der Waals surface area contributed by atoms with Crippen LogP contribution in [-0.4, -0.2) is 55.0 Å². The number of likely N-dealkylation sites (N-methyl/N-ethyl adjacent to an activating group) is 1. The van der Waals surface area contributed by atoms with E-state index < -0.39 is 0 Å². The van der Waals surface area contributed by atoms with Crippen molar-refractivity contribution >= 4 is 5.91 Å². The normalized spacial score (nSPS) is 18.6. The summed E-state index contributed by atoms with van der Waals surface area (Å²) in [5.74, 6) is 0.202. The molecule has 100 valence electrons. The summed E-state index contributed by atoms with van der Waals surface area (Å²) in [7, 11) is 3.62. The molecule has 0 aromatic carbocycles. The largest absolute Gasteiger partial charge is 0.349 e. The molecule has 1 fully saturated rings. The molecule has 0 heterocycles. The molecule has 0 radical (unpaired) electrons. The van der Waals surface area contributed by atoms with Crippen LogP contribution in [0.25, 0.3) is 0 Å². The van der Waals surface area contributed by atoms with Gasteiger partial charge in [0.25, 0.3) is 0 Å². The molecule has 4 nitrogen and oxygen atoms in total. The third-order valence-electron chi connectivity index (χ3n) is 4.06. The third-order valence-corrected chi connectivity index (χ3v) is 4.06. The molecule has 0 spiro atoms. The number of nitrogens with two attached hydrogens (primary N) is 1. The van der Waals surface area contributed by atoms with Gasteiger partial charge in [-0.3, -0.25) is 9.69 Å². The van der Waals surface area contributed by atoms with Gasteiger partial charge in [0.1, 0.15) is 0 Å². The van der Waals surface area contributed by atoms with Gasteiger partial charge in [-0.2, -0.15) is 0 Å². The first-order valence-electron chi connectivity index (χ1n) is 6.71. The molecule has 0 unspecified atom stereocenters. The summed E-state index contributed by atoms with van der Waals surface area (Å²) in [6.07, 6.45) is 5.52. The van der Waals surface area contributed by atoms with Crippen LogP contribution < -0.4 is 5.73 Å². The number of carbonyl (C=O) groups excluding carboxylic acids is 1. The topological polar surface area (TPSA) is 49.6 Å². The highest BCUT2D eigenvalue weighted by Crippen LogP contribution is 2.34. The van der Waals surface area contributed by atoms with Crippen LogP contribution in [0.2, 0.25) is 0 Å². The van der Waals surface area contributed by atoms with E-state index in [9.17, 15) is 4.79 Å². The van der Waals surface area contributed by atoms with Crippen LogP contribution in [0.4, 0.5) is 0 Å².